The maximum atomic E-state index is 4.55. The molecule has 6 aromatic carbocycles. The fraction of sp³-hybridized carbons (Fsp3) is 0. The van der Waals surface area contributed by atoms with Crippen LogP contribution in [0.5, 0.6) is 0 Å². The Hall–Kier alpha value is -5.00. The van der Waals surface area contributed by atoms with Crippen LogP contribution in [-0.4, -0.2) is 9.97 Å². The minimum atomic E-state index is -0.888. The second-order valence-corrected chi connectivity index (χ2v) is 15.5. The van der Waals surface area contributed by atoms with Gasteiger partial charge in [0.2, 0.25) is 0 Å². The van der Waals surface area contributed by atoms with E-state index < -0.39 is 15.8 Å². The molecule has 0 unspecified atom stereocenters. The highest BCUT2D eigenvalue weighted by molar-refractivity contribution is 7.80. The average molecular weight is 625 g/mol. The highest BCUT2D eigenvalue weighted by atomic mass is 31.1. The van der Waals surface area contributed by atoms with Crippen molar-refractivity contribution in [2.45, 2.75) is 0 Å². The second kappa shape index (κ2) is 12.8. The molecule has 0 N–H and O–H groups in total. The average Bonchev–Trinajstić information content (AvgIpc) is 3.14. The van der Waals surface area contributed by atoms with Gasteiger partial charge in [0.25, 0.3) is 0 Å². The molecular weight excluding hydrogens is 594 g/mol. The molecule has 0 saturated carbocycles. The third-order valence-electron chi connectivity index (χ3n) is 8.39. The molecule has 218 valence electrons. The largest absolute Gasteiger partial charge is 0.264 e. The number of hydrogen-bond donors (Lipinski definition) is 0. The molecule has 0 aliphatic rings. The van der Waals surface area contributed by atoms with E-state index in [1.807, 2.05) is 24.8 Å². The monoisotopic (exact) mass is 624 g/mol. The number of hydrogen-bond acceptors (Lipinski definition) is 2. The third-order valence-corrected chi connectivity index (χ3v) is 13.4. The Balaban J connectivity index is 1.53. The number of pyridine rings is 2. The van der Waals surface area contributed by atoms with Crippen LogP contribution in [-0.2, 0) is 0 Å². The van der Waals surface area contributed by atoms with E-state index in [1.54, 1.807) is 0 Å². The third kappa shape index (κ3) is 5.31. The summed E-state index contributed by atoms with van der Waals surface area (Å²) in [5.41, 5.74) is 2.56. The van der Waals surface area contributed by atoms with Gasteiger partial charge < -0.3 is 0 Å². The first kappa shape index (κ1) is 28.5. The maximum absolute atomic E-state index is 4.55. The molecule has 4 heteroatoms. The van der Waals surface area contributed by atoms with E-state index in [-0.39, 0.29) is 0 Å². The minimum absolute atomic E-state index is 0.888. The van der Waals surface area contributed by atoms with Crippen molar-refractivity contribution in [3.8, 4) is 11.1 Å². The summed E-state index contributed by atoms with van der Waals surface area (Å²) in [6, 6.07) is 57.7. The Morgan fingerprint density at radius 1 is 0.326 bits per heavy atom. The molecule has 0 atom stereocenters. The smallest absolute Gasteiger partial charge is 0.0346 e. The molecule has 2 nitrogen and oxygen atoms in total. The normalized spacial score (nSPS) is 11.4. The Labute approximate surface area is 272 Å². The van der Waals surface area contributed by atoms with E-state index in [9.17, 15) is 0 Å². The number of benzene rings is 6. The number of fused-ring (bicyclic) bond motifs is 2. The molecule has 0 bridgehead atoms. The van der Waals surface area contributed by atoms with Gasteiger partial charge in [-0.2, -0.15) is 0 Å². The van der Waals surface area contributed by atoms with Crippen LogP contribution in [0.1, 0.15) is 0 Å². The van der Waals surface area contributed by atoms with Gasteiger partial charge in [-0.15, -0.1) is 0 Å². The van der Waals surface area contributed by atoms with Gasteiger partial charge in [-0.05, 0) is 81.7 Å². The maximum Gasteiger partial charge on any atom is 0.0346 e. The van der Waals surface area contributed by atoms with Gasteiger partial charge in [0.05, 0.1) is 0 Å². The summed E-state index contributed by atoms with van der Waals surface area (Å²) in [4.78, 5) is 9.11. The minimum Gasteiger partial charge on any atom is -0.264 e. The van der Waals surface area contributed by atoms with Crippen molar-refractivity contribution >= 4 is 69.2 Å². The van der Waals surface area contributed by atoms with Gasteiger partial charge in [-0.3, -0.25) is 9.97 Å². The molecule has 8 aromatic rings. The fourth-order valence-corrected chi connectivity index (χ4v) is 11.3. The van der Waals surface area contributed by atoms with Gasteiger partial charge in [0.1, 0.15) is 0 Å². The van der Waals surface area contributed by atoms with Crippen molar-refractivity contribution in [1.29, 1.82) is 0 Å². The van der Waals surface area contributed by atoms with Gasteiger partial charge in [-0.25, -0.2) is 0 Å². The van der Waals surface area contributed by atoms with Gasteiger partial charge in [0.15, 0.2) is 0 Å². The molecule has 0 saturated heterocycles. The van der Waals surface area contributed by atoms with Crippen molar-refractivity contribution in [3.05, 3.63) is 183 Å². The Morgan fingerprint density at radius 2 is 0.652 bits per heavy atom. The molecule has 0 amide bonds. The molecule has 0 aliphatic heterocycles. The summed E-state index contributed by atoms with van der Waals surface area (Å²) in [6.45, 7) is 0. The van der Waals surface area contributed by atoms with E-state index in [1.165, 1.54) is 53.7 Å². The number of rotatable bonds is 7. The van der Waals surface area contributed by atoms with E-state index in [4.69, 9.17) is 0 Å². The molecule has 8 rings (SSSR count). The standard InChI is InChI=1S/C42H30N2P2/c1-5-13-33(14-6-1)45(34-15-7-2-8-16-34)39-23-21-31-29-43-27-25-37(31)41(39)42-38-26-28-44-30-32(38)22-24-40(42)46(35-17-9-3-10-18-35)36-19-11-4-12-20-36/h1-30H. The molecule has 2 aromatic heterocycles. The first-order valence-corrected chi connectivity index (χ1v) is 18.1. The van der Waals surface area contributed by atoms with Gasteiger partial charge in [-0.1, -0.05) is 146 Å². The summed E-state index contributed by atoms with van der Waals surface area (Å²) < 4.78 is 0. The molecule has 46 heavy (non-hydrogen) atoms. The van der Waals surface area contributed by atoms with Crippen molar-refractivity contribution in [1.82, 2.24) is 9.97 Å². The lowest BCUT2D eigenvalue weighted by atomic mass is 9.95. The Bertz CT molecular complexity index is 2010. The first-order valence-electron chi connectivity index (χ1n) is 15.4. The zero-order valence-electron chi connectivity index (χ0n) is 25.1. The van der Waals surface area contributed by atoms with Gasteiger partial charge in [0, 0.05) is 35.6 Å². The van der Waals surface area contributed by atoms with E-state index in [0.717, 1.165) is 10.8 Å². The molecule has 0 radical (unpaired) electrons. The SMILES string of the molecule is c1ccc(P(c2ccccc2)c2ccc3cnccc3c2-c2c(P(c3ccccc3)c3ccccc3)ccc3cnccc23)cc1. The molecule has 0 aliphatic carbocycles. The quantitative estimate of drug-likeness (QED) is 0.168. The van der Waals surface area contributed by atoms with Crippen LogP contribution in [0, 0.1) is 0 Å². The zero-order chi connectivity index (χ0) is 30.7. The summed E-state index contributed by atoms with van der Waals surface area (Å²) >= 11 is 0. The van der Waals surface area contributed by atoms with Crippen LogP contribution in [0.25, 0.3) is 32.7 Å². The predicted octanol–water partition coefficient (Wildman–Crippen LogP) is 7.97. The lowest BCUT2D eigenvalue weighted by Gasteiger charge is -2.28. The van der Waals surface area contributed by atoms with Crippen LogP contribution >= 0.6 is 15.8 Å². The van der Waals surface area contributed by atoms with Crippen molar-refractivity contribution in [3.63, 3.8) is 0 Å². The summed E-state index contributed by atoms with van der Waals surface area (Å²) in [5, 5.41) is 12.7. The highest BCUT2D eigenvalue weighted by Crippen LogP contribution is 2.45. The van der Waals surface area contributed by atoms with E-state index >= 15 is 0 Å². The molecular formula is C42H30N2P2. The van der Waals surface area contributed by atoms with Crippen molar-refractivity contribution in [2.75, 3.05) is 0 Å². The van der Waals surface area contributed by atoms with E-state index in [0.29, 0.717) is 0 Å². The summed E-state index contributed by atoms with van der Waals surface area (Å²) in [5.74, 6) is 0. The van der Waals surface area contributed by atoms with Crippen LogP contribution < -0.4 is 31.8 Å². The molecule has 2 heterocycles. The topological polar surface area (TPSA) is 25.8 Å². The molecule has 0 spiro atoms. The second-order valence-electron chi connectivity index (χ2n) is 11.1. The van der Waals surface area contributed by atoms with Crippen LogP contribution in [0.2, 0.25) is 0 Å². The van der Waals surface area contributed by atoms with Crippen LogP contribution in [0.4, 0.5) is 0 Å². The lowest BCUT2D eigenvalue weighted by molar-refractivity contribution is 1.36. The Kier molecular flexibility index (Phi) is 7.91. The first-order chi connectivity index (χ1) is 22.9. The predicted molar refractivity (Wildman–Crippen MR) is 200 cm³/mol. The Morgan fingerprint density at radius 3 is 0.978 bits per heavy atom. The molecule has 0 fully saturated rings. The number of aromatic nitrogens is 2. The summed E-state index contributed by atoms with van der Waals surface area (Å²) in [6.07, 6.45) is 7.87. The highest BCUT2D eigenvalue weighted by Gasteiger charge is 2.28. The van der Waals surface area contributed by atoms with E-state index in [2.05, 4.69) is 168 Å². The lowest BCUT2D eigenvalue weighted by Crippen LogP contribution is -2.26. The van der Waals surface area contributed by atoms with Crippen LogP contribution in [0.3, 0.4) is 0 Å². The van der Waals surface area contributed by atoms with Crippen LogP contribution in [0.15, 0.2) is 183 Å². The van der Waals surface area contributed by atoms with Crippen molar-refractivity contribution in [2.24, 2.45) is 0 Å². The van der Waals surface area contributed by atoms with Gasteiger partial charge >= 0.3 is 0 Å². The zero-order valence-corrected chi connectivity index (χ0v) is 26.9. The fourth-order valence-electron chi connectivity index (χ4n) is 6.38. The summed E-state index contributed by atoms with van der Waals surface area (Å²) in [7, 11) is -1.78. The number of nitrogens with zero attached hydrogens (tertiary/aromatic N) is 2. The van der Waals surface area contributed by atoms with Crippen molar-refractivity contribution < 1.29 is 0 Å².